The third kappa shape index (κ3) is 24.9. The van der Waals surface area contributed by atoms with Crippen LogP contribution in [0.25, 0.3) is 0 Å². The average molecular weight is 498 g/mol. The molecule has 0 amide bonds. The second kappa shape index (κ2) is 22.9. The van der Waals surface area contributed by atoms with Crippen molar-refractivity contribution in [2.24, 2.45) is 0 Å². The summed E-state index contributed by atoms with van der Waals surface area (Å²) in [7, 11) is 0. The number of ether oxygens (including phenoxy) is 1. The molecule has 0 aliphatic rings. The zero-order valence-electron chi connectivity index (χ0n) is 16.1. The molecule has 0 spiro atoms. The predicted molar refractivity (Wildman–Crippen MR) is 107 cm³/mol. The molecule has 0 aromatic heterocycles. The van der Waals surface area contributed by atoms with Gasteiger partial charge in [0.25, 0.3) is 0 Å². The largest absolute Gasteiger partial charge is 2.00 e. The minimum Gasteiger partial charge on any atom is -0.481 e. The maximum absolute atomic E-state index is 11.5. The summed E-state index contributed by atoms with van der Waals surface area (Å²) in [6.07, 6.45) is 14.7. The number of carboxylic acids is 1. The molecule has 0 bridgehead atoms. The summed E-state index contributed by atoms with van der Waals surface area (Å²) in [5.41, 5.74) is 0. The summed E-state index contributed by atoms with van der Waals surface area (Å²) in [5.74, 6) is 0.248. The van der Waals surface area contributed by atoms with Crippen LogP contribution in [0.3, 0.4) is 0 Å². The zero-order valence-corrected chi connectivity index (χ0v) is 21.4. The van der Waals surface area contributed by atoms with Crippen LogP contribution < -0.4 is 0 Å². The predicted octanol–water partition coefficient (Wildman–Crippen LogP) is 5.06. The van der Waals surface area contributed by atoms with E-state index in [1.54, 1.807) is 0 Å². The molecule has 0 aliphatic heterocycles. The molecule has 25 heavy (non-hydrogen) atoms. The zero-order chi connectivity index (χ0) is 17.9. The molecule has 0 aromatic carbocycles. The third-order valence-corrected chi connectivity index (χ3v) is 4.91. The van der Waals surface area contributed by atoms with Crippen LogP contribution in [-0.2, 0) is 14.3 Å². The molecule has 142 valence electrons. The second-order valence-corrected chi connectivity index (χ2v) is 7.49. The van der Waals surface area contributed by atoms with Gasteiger partial charge in [0, 0.05) is 11.5 Å². The maximum atomic E-state index is 11.5. The topological polar surface area (TPSA) is 63.6 Å². The van der Waals surface area contributed by atoms with Gasteiger partial charge in [0.15, 0.2) is 0 Å². The van der Waals surface area contributed by atoms with Gasteiger partial charge >= 0.3 is 60.8 Å². The van der Waals surface area contributed by atoms with Crippen LogP contribution in [-0.4, -0.2) is 84.0 Å². The summed E-state index contributed by atoms with van der Waals surface area (Å²) in [6.45, 7) is 2.77. The van der Waals surface area contributed by atoms with Crippen LogP contribution in [0.1, 0.15) is 90.4 Å². The Labute approximate surface area is 198 Å². The van der Waals surface area contributed by atoms with Gasteiger partial charge < -0.3 is 9.84 Å². The Morgan fingerprint density at radius 3 is 1.80 bits per heavy atom. The number of unbranched alkanes of at least 4 members (excludes halogenated alkanes) is 10. The van der Waals surface area contributed by atoms with E-state index in [9.17, 15) is 9.59 Å². The number of carbonyl (C=O) groups excluding carboxylic acids is 1. The van der Waals surface area contributed by atoms with E-state index in [0.29, 0.717) is 24.5 Å². The average Bonchev–Trinajstić information content (AvgIpc) is 2.55. The fourth-order valence-corrected chi connectivity index (χ4v) is 3.28. The molecule has 0 heterocycles. The Balaban J connectivity index is 0. The summed E-state index contributed by atoms with van der Waals surface area (Å²) < 4.78 is 5.18. The fraction of sp³-hybridized carbons (Fsp3) is 0.895. The molecule has 6 heteroatoms. The van der Waals surface area contributed by atoms with Crippen LogP contribution in [0.4, 0.5) is 0 Å². The minimum absolute atomic E-state index is 0. The molecule has 0 radical (unpaired) electrons. The van der Waals surface area contributed by atoms with Crippen molar-refractivity contribution in [3.05, 3.63) is 0 Å². The standard InChI is InChI=1S/C19H36O4S.Ba/c1-2-3-4-5-6-7-8-9-10-11-12-15-23-19(22)14-17-24-16-13-18(20)21;/h2-17H2,1H3,(H,20,21);/q;+2. The Bertz CT molecular complexity index is 314. The Morgan fingerprint density at radius 2 is 1.28 bits per heavy atom. The maximum Gasteiger partial charge on any atom is 2.00 e. The molecule has 0 aromatic rings. The molecule has 0 fully saturated rings. The smallest absolute Gasteiger partial charge is 0.481 e. The summed E-state index contributed by atoms with van der Waals surface area (Å²) >= 11 is 1.49. The number of hydrogen-bond acceptors (Lipinski definition) is 4. The summed E-state index contributed by atoms with van der Waals surface area (Å²) in [5, 5.41) is 8.50. The van der Waals surface area contributed by atoms with Crippen molar-refractivity contribution in [1.82, 2.24) is 0 Å². The van der Waals surface area contributed by atoms with E-state index >= 15 is 0 Å². The molecule has 4 nitrogen and oxygen atoms in total. The van der Waals surface area contributed by atoms with E-state index in [2.05, 4.69) is 6.92 Å². The van der Waals surface area contributed by atoms with Gasteiger partial charge in [-0.15, -0.1) is 0 Å². The van der Waals surface area contributed by atoms with Crippen LogP contribution in [0, 0.1) is 0 Å². The van der Waals surface area contributed by atoms with Crippen molar-refractivity contribution in [3.8, 4) is 0 Å². The van der Waals surface area contributed by atoms with Gasteiger partial charge in [-0.25, -0.2) is 0 Å². The fourth-order valence-electron chi connectivity index (χ4n) is 2.44. The van der Waals surface area contributed by atoms with Crippen LogP contribution in [0.15, 0.2) is 0 Å². The molecule has 0 rings (SSSR count). The van der Waals surface area contributed by atoms with Crippen molar-refractivity contribution < 1.29 is 19.4 Å². The molecule has 0 saturated heterocycles. The van der Waals surface area contributed by atoms with E-state index in [4.69, 9.17) is 9.84 Å². The van der Waals surface area contributed by atoms with Gasteiger partial charge in [0.1, 0.15) is 0 Å². The van der Waals surface area contributed by atoms with Crippen LogP contribution >= 0.6 is 11.8 Å². The van der Waals surface area contributed by atoms with Gasteiger partial charge in [-0.2, -0.15) is 11.8 Å². The molecule has 0 aliphatic carbocycles. The number of aliphatic carboxylic acids is 1. The van der Waals surface area contributed by atoms with E-state index < -0.39 is 5.97 Å². The molecule has 1 N–H and O–H groups in total. The first-order chi connectivity index (χ1) is 11.7. The van der Waals surface area contributed by atoms with Crippen molar-refractivity contribution in [3.63, 3.8) is 0 Å². The van der Waals surface area contributed by atoms with Crippen molar-refractivity contribution in [2.75, 3.05) is 18.1 Å². The van der Waals surface area contributed by atoms with Crippen molar-refractivity contribution >= 4 is 72.6 Å². The van der Waals surface area contributed by atoms with E-state index in [1.165, 1.54) is 69.5 Å². The molecule has 0 saturated carbocycles. The van der Waals surface area contributed by atoms with Gasteiger partial charge in [0.05, 0.1) is 19.4 Å². The first kappa shape index (κ1) is 28.1. The second-order valence-electron chi connectivity index (χ2n) is 6.26. The minimum atomic E-state index is -0.790. The SMILES string of the molecule is CCCCCCCCCCCCCOC(=O)CCSCCC(=O)O.[Ba+2]. The van der Waals surface area contributed by atoms with Crippen LogP contribution in [0.2, 0.25) is 0 Å². The van der Waals surface area contributed by atoms with Crippen LogP contribution in [0.5, 0.6) is 0 Å². The Morgan fingerprint density at radius 1 is 0.800 bits per heavy atom. The van der Waals surface area contributed by atoms with Gasteiger partial charge in [-0.3, -0.25) is 9.59 Å². The number of rotatable bonds is 18. The Kier molecular flexibility index (Phi) is 25.7. The van der Waals surface area contributed by atoms with E-state index in [1.807, 2.05) is 0 Å². The van der Waals surface area contributed by atoms with E-state index in [0.717, 1.165) is 12.8 Å². The number of carboxylic acid groups (broad SMARTS) is 1. The number of thioether (sulfide) groups is 1. The first-order valence-corrected chi connectivity index (χ1v) is 10.8. The normalized spacial score (nSPS) is 10.3. The number of carbonyl (C=O) groups is 2. The quantitative estimate of drug-likeness (QED) is 0.163. The van der Waals surface area contributed by atoms with Gasteiger partial charge in [0.2, 0.25) is 0 Å². The summed E-state index contributed by atoms with van der Waals surface area (Å²) in [6, 6.07) is 0. The van der Waals surface area contributed by atoms with E-state index in [-0.39, 0.29) is 61.3 Å². The summed E-state index contributed by atoms with van der Waals surface area (Å²) in [4.78, 5) is 21.8. The molecule has 0 atom stereocenters. The number of hydrogen-bond donors (Lipinski definition) is 1. The molecular weight excluding hydrogens is 462 g/mol. The third-order valence-electron chi connectivity index (χ3n) is 3.92. The first-order valence-electron chi connectivity index (χ1n) is 9.62. The monoisotopic (exact) mass is 498 g/mol. The molecular formula is C19H36BaO4S+2. The molecule has 0 unspecified atom stereocenters. The van der Waals surface area contributed by atoms with Crippen molar-refractivity contribution in [2.45, 2.75) is 90.4 Å². The van der Waals surface area contributed by atoms with Crippen molar-refractivity contribution in [1.29, 1.82) is 0 Å². The van der Waals surface area contributed by atoms with Gasteiger partial charge in [-0.1, -0.05) is 71.1 Å². The number of esters is 1. The Hall–Kier alpha value is 0.861. The van der Waals surface area contributed by atoms with Gasteiger partial charge in [-0.05, 0) is 6.42 Å².